The van der Waals surface area contributed by atoms with Crippen molar-refractivity contribution in [2.24, 2.45) is 12.0 Å². The van der Waals surface area contributed by atoms with Crippen molar-refractivity contribution in [2.75, 3.05) is 5.32 Å². The van der Waals surface area contributed by atoms with Gasteiger partial charge in [0.2, 0.25) is 0 Å². The van der Waals surface area contributed by atoms with Gasteiger partial charge in [0, 0.05) is 10.2 Å². The van der Waals surface area contributed by atoms with Crippen LogP contribution in [0, 0.1) is 0 Å². The van der Waals surface area contributed by atoms with E-state index in [1.54, 1.807) is 19.2 Å². The molecule has 0 radical (unpaired) electrons. The van der Waals surface area contributed by atoms with Crippen LogP contribution in [0.5, 0.6) is 0 Å². The number of rotatable bonds is 2. The molecule has 0 bridgehead atoms. The van der Waals surface area contributed by atoms with Crippen molar-refractivity contribution in [3.05, 3.63) is 34.9 Å². The van der Waals surface area contributed by atoms with Gasteiger partial charge in [0.15, 0.2) is 12.3 Å². The minimum Gasteiger partial charge on any atom is -0.846 e. The van der Waals surface area contributed by atoms with Crippen LogP contribution in [0.25, 0.3) is 0 Å². The van der Waals surface area contributed by atoms with Crippen LogP contribution in [0.4, 0.5) is 11.6 Å². The monoisotopic (exact) mass is 296 g/mol. The number of nitrogens with zero attached hydrogens (tertiary/aromatic N) is 3. The third-order valence-electron chi connectivity index (χ3n) is 1.87. The second-order valence-corrected chi connectivity index (χ2v) is 4.18. The molecule has 0 unspecified atom stereocenters. The van der Waals surface area contributed by atoms with E-state index in [0.29, 0.717) is 5.69 Å². The molecule has 0 aliphatic heterocycles. The van der Waals surface area contributed by atoms with E-state index < -0.39 is 6.02 Å². The summed E-state index contributed by atoms with van der Waals surface area (Å²) in [4.78, 5) is 3.69. The van der Waals surface area contributed by atoms with Crippen molar-refractivity contribution < 1.29 is 14.3 Å². The topological polar surface area (TPSA) is 77.4 Å². The number of halogens is 1. The van der Waals surface area contributed by atoms with Crippen LogP contribution >= 0.6 is 15.9 Å². The van der Waals surface area contributed by atoms with E-state index in [4.69, 9.17) is 4.52 Å². The van der Waals surface area contributed by atoms with Crippen molar-refractivity contribution in [1.82, 2.24) is 5.27 Å². The molecule has 0 atom stereocenters. The Kier molecular flexibility index (Phi) is 3.38. The molecule has 17 heavy (non-hydrogen) atoms. The standard InChI is InChI=1S/C10H9BrN4O2/c1-15-6-9(17-14-15)13-10(16)12-8-4-2-7(11)3-5-8/h2-6H,1H3,(H-,12,13,14,16). The minimum atomic E-state index is -0.510. The van der Waals surface area contributed by atoms with Gasteiger partial charge >= 0.3 is 5.88 Å². The maximum Gasteiger partial charge on any atom is 0.322 e. The lowest BCUT2D eigenvalue weighted by Crippen LogP contribution is -2.28. The molecular weight excluding hydrogens is 288 g/mol. The molecule has 0 aliphatic carbocycles. The van der Waals surface area contributed by atoms with E-state index in [9.17, 15) is 5.11 Å². The summed E-state index contributed by atoms with van der Waals surface area (Å²) in [5, 5.41) is 17.6. The predicted octanol–water partition coefficient (Wildman–Crippen LogP) is 0.721. The van der Waals surface area contributed by atoms with Gasteiger partial charge in [0.25, 0.3) is 6.20 Å². The number of hydrogen-bond acceptors (Lipinski definition) is 4. The number of nitrogens with one attached hydrogen (secondary N) is 1. The molecule has 2 rings (SSSR count). The summed E-state index contributed by atoms with van der Waals surface area (Å²) in [6.07, 6.45) is 1.50. The first-order valence-electron chi connectivity index (χ1n) is 4.74. The van der Waals surface area contributed by atoms with Gasteiger partial charge in [-0.1, -0.05) is 20.6 Å². The summed E-state index contributed by atoms with van der Waals surface area (Å²) >= 11 is 3.31. The molecule has 0 saturated carbocycles. The molecule has 7 heteroatoms. The Morgan fingerprint density at radius 1 is 1.47 bits per heavy atom. The van der Waals surface area contributed by atoms with Crippen LogP contribution < -0.4 is 15.1 Å². The molecule has 0 saturated heterocycles. The molecule has 0 amide bonds. The van der Waals surface area contributed by atoms with Gasteiger partial charge in [0.05, 0.1) is 6.02 Å². The van der Waals surface area contributed by atoms with E-state index in [0.717, 1.165) is 4.47 Å². The fraction of sp³-hybridized carbons (Fsp3) is 0.100. The summed E-state index contributed by atoms with van der Waals surface area (Å²) in [6, 6.07) is 6.66. The zero-order valence-corrected chi connectivity index (χ0v) is 10.5. The Hall–Kier alpha value is -1.89. The molecule has 88 valence electrons. The molecule has 1 N–H and O–H groups in total. The van der Waals surface area contributed by atoms with Gasteiger partial charge in [-0.05, 0) is 24.3 Å². The number of aryl methyl sites for hydroxylation is 1. The Bertz CT molecular complexity index is 535. The fourth-order valence-corrected chi connectivity index (χ4v) is 1.41. The lowest BCUT2D eigenvalue weighted by Gasteiger charge is -2.11. The fourth-order valence-electron chi connectivity index (χ4n) is 1.15. The average molecular weight is 297 g/mol. The van der Waals surface area contributed by atoms with Gasteiger partial charge in [-0.3, -0.25) is 4.52 Å². The van der Waals surface area contributed by atoms with Crippen molar-refractivity contribution in [1.29, 1.82) is 0 Å². The third-order valence-corrected chi connectivity index (χ3v) is 2.40. The normalized spacial score (nSPS) is 11.5. The lowest BCUT2D eigenvalue weighted by atomic mass is 10.3. The van der Waals surface area contributed by atoms with Crippen molar-refractivity contribution in [3.8, 4) is 0 Å². The third kappa shape index (κ3) is 3.28. The number of amidine groups is 1. The molecule has 1 heterocycles. The Morgan fingerprint density at radius 2 is 2.18 bits per heavy atom. The maximum absolute atomic E-state index is 11.5. The maximum atomic E-state index is 11.5. The zero-order valence-electron chi connectivity index (χ0n) is 8.92. The quantitative estimate of drug-likeness (QED) is 0.503. The molecule has 1 aromatic heterocycles. The van der Waals surface area contributed by atoms with Gasteiger partial charge in [0.1, 0.15) is 0 Å². The van der Waals surface area contributed by atoms with Gasteiger partial charge in [-0.25, -0.2) is 4.99 Å². The molecular formula is C10H9BrN4O2. The van der Waals surface area contributed by atoms with E-state index >= 15 is 0 Å². The summed E-state index contributed by atoms with van der Waals surface area (Å²) in [7, 11) is 1.68. The largest absolute Gasteiger partial charge is 0.846 e. The van der Waals surface area contributed by atoms with Gasteiger partial charge in [-0.2, -0.15) is 0 Å². The second-order valence-electron chi connectivity index (χ2n) is 3.26. The average Bonchev–Trinajstić information content (AvgIpc) is 2.67. The smallest absolute Gasteiger partial charge is 0.322 e. The van der Waals surface area contributed by atoms with E-state index in [1.165, 1.54) is 10.9 Å². The van der Waals surface area contributed by atoms with Crippen LogP contribution in [0.15, 0.2) is 44.5 Å². The van der Waals surface area contributed by atoms with Crippen molar-refractivity contribution >= 4 is 33.5 Å². The van der Waals surface area contributed by atoms with E-state index in [1.807, 2.05) is 12.1 Å². The van der Waals surface area contributed by atoms with Gasteiger partial charge in [-0.15, -0.1) is 0 Å². The molecule has 6 nitrogen and oxygen atoms in total. The summed E-state index contributed by atoms with van der Waals surface area (Å²) in [5.74, 6) is 0.155. The Morgan fingerprint density at radius 3 is 2.76 bits per heavy atom. The number of anilines is 1. The zero-order chi connectivity index (χ0) is 12.3. The van der Waals surface area contributed by atoms with E-state index in [-0.39, 0.29) is 5.88 Å². The number of aliphatic imine (C=N–C) groups is 1. The highest BCUT2D eigenvalue weighted by atomic mass is 79.9. The first kappa shape index (κ1) is 11.6. The van der Waals surface area contributed by atoms with Crippen molar-refractivity contribution in [2.45, 2.75) is 0 Å². The first-order valence-corrected chi connectivity index (χ1v) is 5.54. The highest BCUT2D eigenvalue weighted by Gasteiger charge is 2.03. The summed E-state index contributed by atoms with van der Waals surface area (Å²) in [6.45, 7) is 0. The molecule has 0 spiro atoms. The molecule has 0 fully saturated rings. The lowest BCUT2D eigenvalue weighted by molar-refractivity contribution is -0.739. The van der Waals surface area contributed by atoms with Crippen molar-refractivity contribution in [3.63, 3.8) is 0 Å². The highest BCUT2D eigenvalue weighted by molar-refractivity contribution is 9.10. The molecule has 0 aliphatic rings. The minimum absolute atomic E-state index is 0.155. The summed E-state index contributed by atoms with van der Waals surface area (Å²) < 4.78 is 7.13. The van der Waals surface area contributed by atoms with Crippen LogP contribution in [0.2, 0.25) is 0 Å². The highest BCUT2D eigenvalue weighted by Crippen LogP contribution is 2.14. The Labute approximate surface area is 106 Å². The summed E-state index contributed by atoms with van der Waals surface area (Å²) in [5.41, 5.74) is 0.658. The first-order chi connectivity index (χ1) is 8.13. The number of benzene rings is 1. The Balaban J connectivity index is 2.08. The van der Waals surface area contributed by atoms with Crippen LogP contribution in [0.1, 0.15) is 0 Å². The van der Waals surface area contributed by atoms with Crippen LogP contribution in [-0.2, 0) is 7.05 Å². The van der Waals surface area contributed by atoms with Crippen LogP contribution in [0.3, 0.4) is 0 Å². The predicted molar refractivity (Wildman–Crippen MR) is 62.5 cm³/mol. The second kappa shape index (κ2) is 4.96. The van der Waals surface area contributed by atoms with Gasteiger partial charge < -0.3 is 10.4 Å². The molecule has 2 aromatic rings. The number of hydrogen-bond donors (Lipinski definition) is 1. The van der Waals surface area contributed by atoms with Crippen LogP contribution in [-0.4, -0.2) is 11.3 Å². The SMILES string of the molecule is C[n+]1cc(N=C([O-])Nc2ccc(Br)cc2)on1. The number of aromatic nitrogens is 2. The molecule has 1 aromatic carbocycles. The van der Waals surface area contributed by atoms with E-state index in [2.05, 4.69) is 31.5 Å².